The molecule has 0 atom stereocenters. The van der Waals surface area contributed by atoms with E-state index in [1.165, 1.54) is 11.1 Å². The topological polar surface area (TPSA) is 73.8 Å². The largest absolute Gasteiger partial charge is 0.443 e. The number of amides is 1. The number of aromatic nitrogens is 2. The van der Waals surface area contributed by atoms with Crippen LogP contribution in [-0.2, 0) is 20.0 Å². The van der Waals surface area contributed by atoms with Crippen LogP contribution in [0.25, 0.3) is 0 Å². The van der Waals surface area contributed by atoms with Crippen molar-refractivity contribution in [3.05, 3.63) is 47.4 Å². The second kappa shape index (κ2) is 7.42. The molecule has 2 heterocycles. The van der Waals surface area contributed by atoms with Crippen molar-refractivity contribution < 1.29 is 19.0 Å². The maximum Gasteiger partial charge on any atom is 0.420 e. The Kier molecular flexibility index (Phi) is 5.37. The molecule has 0 N–H and O–H groups in total. The summed E-state index contributed by atoms with van der Waals surface area (Å²) in [6.07, 6.45) is 0.906. The number of benzene rings is 1. The van der Waals surface area contributed by atoms with Gasteiger partial charge < -0.3 is 14.2 Å². The maximum atomic E-state index is 12.9. The third-order valence-corrected chi connectivity index (χ3v) is 4.07. The number of halogens is 1. The lowest BCUT2D eigenvalue weighted by Gasteiger charge is -2.28. The van der Waals surface area contributed by atoms with Crippen LogP contribution in [-0.4, -0.2) is 34.9 Å². The highest BCUT2D eigenvalue weighted by Crippen LogP contribution is 2.35. The van der Waals surface area contributed by atoms with E-state index in [1.54, 1.807) is 32.9 Å². The van der Waals surface area contributed by atoms with Crippen LogP contribution < -0.4 is 4.90 Å². The standard InChI is InChI=1S/C19H22ClN3O4/c1-18(2,3)27-17(24)23(15-8-9-21-16(20)22-15)14-7-5-6-13(12-14)19(4)25-10-11-26-19/h5-9,12H,10-11H2,1-4H3. The van der Waals surface area contributed by atoms with E-state index in [4.69, 9.17) is 25.8 Å². The maximum absolute atomic E-state index is 12.9. The van der Waals surface area contributed by atoms with Gasteiger partial charge in [0.1, 0.15) is 11.4 Å². The van der Waals surface area contributed by atoms with Gasteiger partial charge in [-0.1, -0.05) is 12.1 Å². The molecule has 0 spiro atoms. The van der Waals surface area contributed by atoms with Crippen molar-refractivity contribution in [1.29, 1.82) is 0 Å². The van der Waals surface area contributed by atoms with Gasteiger partial charge in [-0.25, -0.2) is 14.7 Å². The molecule has 1 amide bonds. The molecule has 0 unspecified atom stereocenters. The van der Waals surface area contributed by atoms with Gasteiger partial charge in [-0.2, -0.15) is 4.98 Å². The van der Waals surface area contributed by atoms with Gasteiger partial charge in [0, 0.05) is 17.8 Å². The van der Waals surface area contributed by atoms with Crippen molar-refractivity contribution in [3.8, 4) is 0 Å². The van der Waals surface area contributed by atoms with Crippen molar-refractivity contribution in [2.24, 2.45) is 0 Å². The zero-order valence-electron chi connectivity index (χ0n) is 15.7. The van der Waals surface area contributed by atoms with E-state index < -0.39 is 17.5 Å². The van der Waals surface area contributed by atoms with Crippen LogP contribution in [0, 0.1) is 0 Å². The Morgan fingerprint density at radius 2 is 1.96 bits per heavy atom. The van der Waals surface area contributed by atoms with E-state index in [9.17, 15) is 4.79 Å². The second-order valence-electron chi connectivity index (χ2n) is 7.19. The van der Waals surface area contributed by atoms with Crippen molar-refractivity contribution in [1.82, 2.24) is 9.97 Å². The third-order valence-electron chi connectivity index (χ3n) is 3.88. The Morgan fingerprint density at radius 3 is 2.59 bits per heavy atom. The third kappa shape index (κ3) is 4.55. The van der Waals surface area contributed by atoms with Gasteiger partial charge in [0.05, 0.1) is 18.9 Å². The van der Waals surface area contributed by atoms with Gasteiger partial charge in [-0.05, 0) is 51.4 Å². The molecule has 1 aromatic carbocycles. The van der Waals surface area contributed by atoms with Crippen LogP contribution in [0.1, 0.15) is 33.3 Å². The van der Waals surface area contributed by atoms with Gasteiger partial charge in [0.2, 0.25) is 5.28 Å². The first kappa shape index (κ1) is 19.5. The average molecular weight is 392 g/mol. The van der Waals surface area contributed by atoms with Crippen molar-refractivity contribution in [3.63, 3.8) is 0 Å². The molecule has 0 radical (unpaired) electrons. The van der Waals surface area contributed by atoms with E-state index >= 15 is 0 Å². The fourth-order valence-corrected chi connectivity index (χ4v) is 2.84. The smallest absolute Gasteiger partial charge is 0.420 e. The molecule has 1 fully saturated rings. The first-order valence-corrected chi connectivity index (χ1v) is 8.96. The van der Waals surface area contributed by atoms with E-state index in [1.807, 2.05) is 25.1 Å². The summed E-state index contributed by atoms with van der Waals surface area (Å²) in [6.45, 7) is 8.27. The number of ether oxygens (including phenoxy) is 3. The van der Waals surface area contributed by atoms with Crippen molar-refractivity contribution in [2.45, 2.75) is 39.1 Å². The van der Waals surface area contributed by atoms with Crippen LogP contribution in [0.2, 0.25) is 5.28 Å². The minimum absolute atomic E-state index is 0.0339. The van der Waals surface area contributed by atoms with Crippen molar-refractivity contribution in [2.75, 3.05) is 18.1 Å². The van der Waals surface area contributed by atoms with Gasteiger partial charge in [-0.3, -0.25) is 0 Å². The number of carbonyl (C=O) groups excluding carboxylic acids is 1. The molecular weight excluding hydrogens is 370 g/mol. The SMILES string of the molecule is CC(C)(C)OC(=O)N(c1cccc(C2(C)OCCO2)c1)c1ccnc(Cl)n1. The first-order chi connectivity index (χ1) is 12.7. The molecule has 3 rings (SSSR count). The van der Waals surface area contributed by atoms with Gasteiger partial charge in [0.15, 0.2) is 5.79 Å². The summed E-state index contributed by atoms with van der Waals surface area (Å²) in [5.74, 6) is -0.557. The molecule has 0 bridgehead atoms. The number of hydrogen-bond acceptors (Lipinski definition) is 6. The lowest BCUT2D eigenvalue weighted by Crippen LogP contribution is -2.34. The Balaban J connectivity index is 2.04. The summed E-state index contributed by atoms with van der Waals surface area (Å²) in [5, 5.41) is 0.0339. The molecule has 144 valence electrons. The molecule has 1 aliphatic heterocycles. The molecule has 0 saturated carbocycles. The molecule has 0 aliphatic carbocycles. The predicted octanol–water partition coefficient (Wildman–Crippen LogP) is 4.42. The summed E-state index contributed by atoms with van der Waals surface area (Å²) in [6, 6.07) is 8.88. The van der Waals surface area contributed by atoms with Crippen LogP contribution >= 0.6 is 11.6 Å². The van der Waals surface area contributed by atoms with Crippen LogP contribution in [0.15, 0.2) is 36.5 Å². The van der Waals surface area contributed by atoms with Crippen LogP contribution in [0.4, 0.5) is 16.3 Å². The molecular formula is C19H22ClN3O4. The van der Waals surface area contributed by atoms with Gasteiger partial charge >= 0.3 is 6.09 Å². The van der Waals surface area contributed by atoms with Gasteiger partial charge in [-0.15, -0.1) is 0 Å². The number of anilines is 2. The van der Waals surface area contributed by atoms with Gasteiger partial charge in [0.25, 0.3) is 0 Å². The molecule has 27 heavy (non-hydrogen) atoms. The molecule has 1 aromatic heterocycles. The molecule has 2 aromatic rings. The normalized spacial score (nSPS) is 16.2. The molecule has 7 nitrogen and oxygen atoms in total. The highest BCUT2D eigenvalue weighted by molar-refractivity contribution is 6.28. The minimum Gasteiger partial charge on any atom is -0.443 e. The molecule has 1 aliphatic rings. The fourth-order valence-electron chi connectivity index (χ4n) is 2.70. The summed E-state index contributed by atoms with van der Waals surface area (Å²) in [7, 11) is 0. The quantitative estimate of drug-likeness (QED) is 0.721. The highest BCUT2D eigenvalue weighted by atomic mass is 35.5. The fraction of sp³-hybridized carbons (Fsp3) is 0.421. The Labute approximate surface area is 163 Å². The zero-order valence-corrected chi connectivity index (χ0v) is 16.5. The molecule has 1 saturated heterocycles. The first-order valence-electron chi connectivity index (χ1n) is 8.58. The van der Waals surface area contributed by atoms with E-state index in [0.717, 1.165) is 5.56 Å². The number of rotatable bonds is 3. The summed E-state index contributed by atoms with van der Waals surface area (Å²) in [4.78, 5) is 22.3. The number of hydrogen-bond donors (Lipinski definition) is 0. The van der Waals surface area contributed by atoms with E-state index in [0.29, 0.717) is 24.7 Å². The summed E-state index contributed by atoms with van der Waals surface area (Å²) >= 11 is 5.93. The Hall–Kier alpha value is -2.22. The van der Waals surface area contributed by atoms with Crippen LogP contribution in [0.5, 0.6) is 0 Å². The lowest BCUT2D eigenvalue weighted by molar-refractivity contribution is -0.149. The average Bonchev–Trinajstić information content (AvgIpc) is 3.02. The Bertz CT molecular complexity index is 832. The zero-order chi connectivity index (χ0) is 19.7. The molecule has 8 heteroatoms. The summed E-state index contributed by atoms with van der Waals surface area (Å²) in [5.41, 5.74) is 0.663. The van der Waals surface area contributed by atoms with E-state index in [-0.39, 0.29) is 5.28 Å². The number of carbonyl (C=O) groups is 1. The van der Waals surface area contributed by atoms with Crippen molar-refractivity contribution >= 4 is 29.2 Å². The minimum atomic E-state index is -0.862. The second-order valence-corrected chi connectivity index (χ2v) is 7.53. The highest BCUT2D eigenvalue weighted by Gasteiger charge is 2.34. The Morgan fingerprint density at radius 1 is 1.26 bits per heavy atom. The van der Waals surface area contributed by atoms with E-state index in [2.05, 4.69) is 9.97 Å². The summed E-state index contributed by atoms with van der Waals surface area (Å²) < 4.78 is 17.0. The number of nitrogens with zero attached hydrogens (tertiary/aromatic N) is 3. The lowest BCUT2D eigenvalue weighted by atomic mass is 10.1. The van der Waals surface area contributed by atoms with Crippen LogP contribution in [0.3, 0.4) is 0 Å². The monoisotopic (exact) mass is 391 g/mol. The predicted molar refractivity (Wildman–Crippen MR) is 101 cm³/mol.